The molecule has 158 valence electrons. The van der Waals surface area contributed by atoms with Crippen LogP contribution in [0, 0.1) is 11.3 Å². The van der Waals surface area contributed by atoms with E-state index in [0.717, 1.165) is 5.57 Å². The fraction of sp³-hybridized carbons (Fsp3) is 0.682. The van der Waals surface area contributed by atoms with Gasteiger partial charge >= 0.3 is 17.9 Å². The molecule has 7 nitrogen and oxygen atoms in total. The van der Waals surface area contributed by atoms with Gasteiger partial charge in [0.1, 0.15) is 23.9 Å². The van der Waals surface area contributed by atoms with E-state index in [1.165, 1.54) is 6.92 Å². The Morgan fingerprint density at radius 3 is 2.55 bits per heavy atom. The highest BCUT2D eigenvalue weighted by molar-refractivity contribution is 5.92. The minimum atomic E-state index is -0.672. The molecule has 0 N–H and O–H groups in total. The van der Waals surface area contributed by atoms with E-state index < -0.39 is 29.2 Å². The van der Waals surface area contributed by atoms with E-state index in [9.17, 15) is 14.4 Å². The molecule has 2 saturated carbocycles. The second-order valence-corrected chi connectivity index (χ2v) is 8.89. The molecule has 2 heterocycles. The maximum atomic E-state index is 12.4. The van der Waals surface area contributed by atoms with E-state index in [-0.39, 0.29) is 30.1 Å². The van der Waals surface area contributed by atoms with Crippen molar-refractivity contribution >= 4 is 17.9 Å². The van der Waals surface area contributed by atoms with Crippen LogP contribution >= 0.6 is 0 Å². The average Bonchev–Trinajstić information content (AvgIpc) is 3.28. The smallest absolute Gasteiger partial charge is 0.334 e. The zero-order valence-corrected chi connectivity index (χ0v) is 17.7. The van der Waals surface area contributed by atoms with Gasteiger partial charge in [0.25, 0.3) is 0 Å². The maximum absolute atomic E-state index is 12.4. The molecular formula is C22H28O7. The summed E-state index contributed by atoms with van der Waals surface area (Å²) in [6.07, 6.45) is 1.20. The molecule has 0 radical (unpaired) electrons. The fourth-order valence-electron chi connectivity index (χ4n) is 5.59. The summed E-state index contributed by atoms with van der Waals surface area (Å²) in [4.78, 5) is 36.7. The van der Waals surface area contributed by atoms with Gasteiger partial charge in [-0.15, -0.1) is 0 Å². The van der Waals surface area contributed by atoms with Crippen LogP contribution in [-0.4, -0.2) is 47.9 Å². The second kappa shape index (κ2) is 6.42. The molecule has 4 aliphatic rings. The van der Waals surface area contributed by atoms with Crippen molar-refractivity contribution in [2.45, 2.75) is 84.4 Å². The molecule has 0 aromatic heterocycles. The third-order valence-electron chi connectivity index (χ3n) is 7.63. The number of allylic oxidation sites excluding steroid dienone is 1. The average molecular weight is 404 g/mol. The van der Waals surface area contributed by atoms with Gasteiger partial charge in [0, 0.05) is 47.8 Å². The van der Waals surface area contributed by atoms with Crippen molar-refractivity contribution in [1.82, 2.24) is 0 Å². The third kappa shape index (κ3) is 2.62. The molecule has 1 saturated heterocycles. The van der Waals surface area contributed by atoms with Crippen molar-refractivity contribution < 1.29 is 33.3 Å². The Balaban J connectivity index is 1.75. The van der Waals surface area contributed by atoms with Crippen LogP contribution in [0.4, 0.5) is 0 Å². The Kier molecular flexibility index (Phi) is 4.46. The van der Waals surface area contributed by atoms with Gasteiger partial charge in [-0.25, -0.2) is 9.59 Å². The number of fused-ring (bicyclic) bond motifs is 1. The monoisotopic (exact) mass is 404 g/mol. The van der Waals surface area contributed by atoms with Gasteiger partial charge < -0.3 is 18.9 Å². The molecule has 0 amide bonds. The van der Waals surface area contributed by atoms with Gasteiger partial charge in [0.05, 0.1) is 6.10 Å². The van der Waals surface area contributed by atoms with Gasteiger partial charge in [-0.3, -0.25) is 4.79 Å². The standard InChI is InChI=1S/C22H28O7/c1-7-10(2)19(24)27-14-8-16-22(29-16)9-15-17(11(3)20(25)28-15)18(26-13(5)23)21(22,6)12(14)4/h7,12,14-16,18H,8-9H2,1-6H3/b10-7-/t12-,14-,15+,16+,18+,21-,22+/m0/s1. The number of epoxide rings is 1. The lowest BCUT2D eigenvalue weighted by atomic mass is 9.51. The number of carbonyl (C=O) groups excluding carboxylic acids is 3. The van der Waals surface area contributed by atoms with Crippen LogP contribution in [0.2, 0.25) is 0 Å². The first kappa shape index (κ1) is 20.1. The number of ether oxygens (including phenoxy) is 4. The van der Waals surface area contributed by atoms with Crippen molar-refractivity contribution in [2.24, 2.45) is 11.3 Å². The summed E-state index contributed by atoms with van der Waals surface area (Å²) in [5.41, 5.74) is 0.535. The van der Waals surface area contributed by atoms with E-state index in [2.05, 4.69) is 0 Å². The Bertz CT molecular complexity index is 855. The minimum absolute atomic E-state index is 0.133. The summed E-state index contributed by atoms with van der Waals surface area (Å²) in [6.45, 7) is 10.6. The SMILES string of the molecule is C/C=C(/C)C(=O)O[C@H]1C[C@H]2O[C@]23C[C@H]2OC(=O)C(C)=C2[C@@H](OC(C)=O)[C@]3(C)[C@H]1C. The summed E-state index contributed by atoms with van der Waals surface area (Å²) in [7, 11) is 0. The van der Waals surface area contributed by atoms with Gasteiger partial charge in [0.2, 0.25) is 0 Å². The lowest BCUT2D eigenvalue weighted by Crippen LogP contribution is -2.63. The van der Waals surface area contributed by atoms with Gasteiger partial charge in [-0.05, 0) is 20.8 Å². The highest BCUT2D eigenvalue weighted by atomic mass is 16.6. The molecule has 2 aliphatic heterocycles. The minimum Gasteiger partial charge on any atom is -0.459 e. The summed E-state index contributed by atoms with van der Waals surface area (Å²) in [5.74, 6) is -1.32. The van der Waals surface area contributed by atoms with Crippen molar-refractivity contribution in [3.05, 3.63) is 22.8 Å². The summed E-state index contributed by atoms with van der Waals surface area (Å²) >= 11 is 0. The maximum Gasteiger partial charge on any atom is 0.334 e. The Labute approximate surface area is 170 Å². The Morgan fingerprint density at radius 2 is 1.93 bits per heavy atom. The molecule has 7 atom stereocenters. The van der Waals surface area contributed by atoms with Gasteiger partial charge in [0.15, 0.2) is 0 Å². The molecule has 0 aromatic carbocycles. The Hall–Kier alpha value is -2.15. The van der Waals surface area contributed by atoms with Crippen LogP contribution in [0.3, 0.4) is 0 Å². The van der Waals surface area contributed by atoms with E-state index in [1.807, 2.05) is 13.8 Å². The van der Waals surface area contributed by atoms with Crippen molar-refractivity contribution in [2.75, 3.05) is 0 Å². The van der Waals surface area contributed by atoms with E-state index in [0.29, 0.717) is 24.0 Å². The van der Waals surface area contributed by atoms with E-state index in [1.54, 1.807) is 26.8 Å². The van der Waals surface area contributed by atoms with Crippen LogP contribution in [0.25, 0.3) is 0 Å². The number of hydrogen-bond donors (Lipinski definition) is 0. The van der Waals surface area contributed by atoms with E-state index >= 15 is 0 Å². The molecule has 1 spiro atoms. The Morgan fingerprint density at radius 1 is 1.24 bits per heavy atom. The molecule has 7 heteroatoms. The third-order valence-corrected chi connectivity index (χ3v) is 7.63. The molecule has 0 unspecified atom stereocenters. The summed E-state index contributed by atoms with van der Waals surface area (Å²) in [6, 6.07) is 0. The van der Waals surface area contributed by atoms with Crippen LogP contribution < -0.4 is 0 Å². The fourth-order valence-corrected chi connectivity index (χ4v) is 5.59. The van der Waals surface area contributed by atoms with Crippen LogP contribution in [0.1, 0.15) is 54.4 Å². The zero-order valence-electron chi connectivity index (χ0n) is 17.7. The number of carbonyl (C=O) groups is 3. The highest BCUT2D eigenvalue weighted by Crippen LogP contribution is 2.69. The van der Waals surface area contributed by atoms with E-state index in [4.69, 9.17) is 18.9 Å². The molecule has 0 bridgehead atoms. The zero-order chi connectivity index (χ0) is 21.3. The molecule has 29 heavy (non-hydrogen) atoms. The molecule has 3 fully saturated rings. The lowest BCUT2D eigenvalue weighted by Gasteiger charge is -2.54. The van der Waals surface area contributed by atoms with Crippen molar-refractivity contribution in [1.29, 1.82) is 0 Å². The van der Waals surface area contributed by atoms with Crippen LogP contribution in [0.15, 0.2) is 22.8 Å². The van der Waals surface area contributed by atoms with Crippen LogP contribution in [-0.2, 0) is 33.3 Å². The number of hydrogen-bond acceptors (Lipinski definition) is 7. The second-order valence-electron chi connectivity index (χ2n) is 8.89. The van der Waals surface area contributed by atoms with Gasteiger partial charge in [-0.2, -0.15) is 0 Å². The number of rotatable bonds is 3. The first-order valence-corrected chi connectivity index (χ1v) is 10.2. The topological polar surface area (TPSA) is 91.4 Å². The quantitative estimate of drug-likeness (QED) is 0.309. The molecule has 2 aliphatic carbocycles. The first-order chi connectivity index (χ1) is 13.6. The van der Waals surface area contributed by atoms with Gasteiger partial charge in [-0.1, -0.05) is 19.9 Å². The summed E-state index contributed by atoms with van der Waals surface area (Å²) in [5, 5.41) is 0. The molecule has 0 aromatic rings. The van der Waals surface area contributed by atoms with Crippen molar-refractivity contribution in [3.63, 3.8) is 0 Å². The number of esters is 3. The van der Waals surface area contributed by atoms with Crippen molar-refractivity contribution in [3.8, 4) is 0 Å². The summed E-state index contributed by atoms with van der Waals surface area (Å²) < 4.78 is 23.4. The first-order valence-electron chi connectivity index (χ1n) is 10.2. The largest absolute Gasteiger partial charge is 0.459 e. The normalized spacial score (nSPS) is 43.0. The molecule has 4 rings (SSSR count). The predicted molar refractivity (Wildman–Crippen MR) is 102 cm³/mol. The predicted octanol–water partition coefficient (Wildman–Crippen LogP) is 2.63. The lowest BCUT2D eigenvalue weighted by molar-refractivity contribution is -0.181. The highest BCUT2D eigenvalue weighted by Gasteiger charge is 2.79. The van der Waals surface area contributed by atoms with Crippen LogP contribution in [0.5, 0.6) is 0 Å². The molecular weight excluding hydrogens is 376 g/mol.